The van der Waals surface area contributed by atoms with Crippen LogP contribution in [-0.4, -0.2) is 29.6 Å². The second kappa shape index (κ2) is 6.71. The molecule has 1 aliphatic rings. The zero-order valence-corrected chi connectivity index (χ0v) is 14.9. The number of pyridine rings is 2. The first-order valence-electron chi connectivity index (χ1n) is 9.10. The Morgan fingerprint density at radius 2 is 1.92 bits per heavy atom. The Labute approximate surface area is 149 Å². The van der Waals surface area contributed by atoms with Gasteiger partial charge < -0.3 is 9.80 Å². The second-order valence-corrected chi connectivity index (χ2v) is 6.63. The molecule has 1 aliphatic heterocycles. The summed E-state index contributed by atoms with van der Waals surface area (Å²) in [6, 6.07) is 12.9. The van der Waals surface area contributed by atoms with E-state index in [9.17, 15) is 0 Å². The zero-order valence-electron chi connectivity index (χ0n) is 14.9. The molecule has 4 rings (SSSR count). The first kappa shape index (κ1) is 15.9. The highest BCUT2D eigenvalue weighted by Gasteiger charge is 2.17. The highest BCUT2D eigenvalue weighted by atomic mass is 15.2. The maximum atomic E-state index is 4.81. The molecule has 0 saturated carbocycles. The van der Waals surface area contributed by atoms with Gasteiger partial charge in [0.2, 0.25) is 0 Å². The summed E-state index contributed by atoms with van der Waals surface area (Å²) in [6.07, 6.45) is 6.29. The SMILES string of the molecule is CCN(c1cccnc1)c1ccc2c(N3CCCC3)cc(C)nc2c1. The number of nitrogens with zero attached hydrogens (tertiary/aromatic N) is 4. The largest absolute Gasteiger partial charge is 0.371 e. The molecule has 3 aromatic rings. The highest BCUT2D eigenvalue weighted by Crippen LogP contribution is 2.33. The molecule has 1 saturated heterocycles. The van der Waals surface area contributed by atoms with Crippen LogP contribution < -0.4 is 9.80 Å². The van der Waals surface area contributed by atoms with Gasteiger partial charge >= 0.3 is 0 Å². The Balaban J connectivity index is 1.80. The fourth-order valence-corrected chi connectivity index (χ4v) is 3.74. The molecular formula is C21H24N4. The summed E-state index contributed by atoms with van der Waals surface area (Å²) < 4.78 is 0. The van der Waals surface area contributed by atoms with Gasteiger partial charge in [0.25, 0.3) is 0 Å². The molecule has 0 unspecified atom stereocenters. The van der Waals surface area contributed by atoms with Crippen LogP contribution in [0.5, 0.6) is 0 Å². The first-order valence-corrected chi connectivity index (χ1v) is 9.10. The Morgan fingerprint density at radius 3 is 2.64 bits per heavy atom. The smallest absolute Gasteiger partial charge is 0.0746 e. The van der Waals surface area contributed by atoms with Gasteiger partial charge in [-0.3, -0.25) is 9.97 Å². The van der Waals surface area contributed by atoms with Crippen LogP contribution in [0.4, 0.5) is 17.1 Å². The molecule has 0 atom stereocenters. The predicted octanol–water partition coefficient (Wildman–Crippen LogP) is 4.70. The summed E-state index contributed by atoms with van der Waals surface area (Å²) in [4.78, 5) is 13.8. The van der Waals surface area contributed by atoms with Crippen LogP contribution in [0.1, 0.15) is 25.5 Å². The van der Waals surface area contributed by atoms with Crippen LogP contribution in [0.15, 0.2) is 48.8 Å². The number of anilines is 3. The molecule has 4 heteroatoms. The van der Waals surface area contributed by atoms with Gasteiger partial charge in [0.05, 0.1) is 17.4 Å². The maximum Gasteiger partial charge on any atom is 0.0746 e. The Hall–Kier alpha value is -2.62. The minimum atomic E-state index is 0.891. The predicted molar refractivity (Wildman–Crippen MR) is 105 cm³/mol. The van der Waals surface area contributed by atoms with E-state index in [4.69, 9.17) is 4.98 Å². The molecule has 1 aromatic carbocycles. The maximum absolute atomic E-state index is 4.81. The summed E-state index contributed by atoms with van der Waals surface area (Å²) in [6.45, 7) is 7.44. The summed E-state index contributed by atoms with van der Waals surface area (Å²) in [5.41, 5.74) is 5.75. The summed E-state index contributed by atoms with van der Waals surface area (Å²) in [5, 5.41) is 1.25. The highest BCUT2D eigenvalue weighted by molar-refractivity contribution is 5.94. The second-order valence-electron chi connectivity index (χ2n) is 6.63. The summed E-state index contributed by atoms with van der Waals surface area (Å²) in [7, 11) is 0. The van der Waals surface area contributed by atoms with Crippen LogP contribution in [0.3, 0.4) is 0 Å². The van der Waals surface area contributed by atoms with Gasteiger partial charge in [-0.15, -0.1) is 0 Å². The number of aromatic nitrogens is 2. The van der Waals surface area contributed by atoms with Gasteiger partial charge in [0, 0.05) is 48.3 Å². The fraction of sp³-hybridized carbons (Fsp3) is 0.333. The molecule has 2 aromatic heterocycles. The third kappa shape index (κ3) is 3.04. The van der Waals surface area contributed by atoms with E-state index in [0.717, 1.165) is 42.2 Å². The molecule has 3 heterocycles. The van der Waals surface area contributed by atoms with E-state index in [1.807, 2.05) is 18.5 Å². The van der Waals surface area contributed by atoms with Gasteiger partial charge in [0.15, 0.2) is 0 Å². The van der Waals surface area contributed by atoms with Crippen molar-refractivity contribution in [3.63, 3.8) is 0 Å². The van der Waals surface area contributed by atoms with Crippen molar-refractivity contribution in [1.29, 1.82) is 0 Å². The quantitative estimate of drug-likeness (QED) is 0.693. The van der Waals surface area contributed by atoms with Gasteiger partial charge in [-0.25, -0.2) is 0 Å². The number of fused-ring (bicyclic) bond motifs is 1. The Kier molecular flexibility index (Phi) is 4.26. The summed E-state index contributed by atoms with van der Waals surface area (Å²) >= 11 is 0. The average molecular weight is 332 g/mol. The van der Waals surface area contributed by atoms with Crippen molar-refractivity contribution in [1.82, 2.24) is 9.97 Å². The van der Waals surface area contributed by atoms with Crippen molar-refractivity contribution < 1.29 is 0 Å². The van der Waals surface area contributed by atoms with Gasteiger partial charge in [0.1, 0.15) is 0 Å². The molecule has 0 radical (unpaired) electrons. The van der Waals surface area contributed by atoms with Gasteiger partial charge in [-0.05, 0) is 63.1 Å². The zero-order chi connectivity index (χ0) is 17.2. The lowest BCUT2D eigenvalue weighted by Crippen LogP contribution is -2.19. The van der Waals surface area contributed by atoms with Crippen molar-refractivity contribution in [3.8, 4) is 0 Å². The van der Waals surface area contributed by atoms with E-state index in [2.05, 4.69) is 59.0 Å². The lowest BCUT2D eigenvalue weighted by molar-refractivity contribution is 0.949. The van der Waals surface area contributed by atoms with E-state index in [1.54, 1.807) is 0 Å². The molecule has 25 heavy (non-hydrogen) atoms. The molecule has 0 spiro atoms. The molecule has 0 bridgehead atoms. The van der Waals surface area contributed by atoms with Crippen molar-refractivity contribution >= 4 is 28.0 Å². The molecule has 0 N–H and O–H groups in total. The number of aryl methyl sites for hydroxylation is 1. The molecular weight excluding hydrogens is 308 g/mol. The van der Waals surface area contributed by atoms with E-state index in [-0.39, 0.29) is 0 Å². The van der Waals surface area contributed by atoms with Crippen LogP contribution in [0, 0.1) is 6.92 Å². The Bertz CT molecular complexity index is 870. The van der Waals surface area contributed by atoms with Crippen molar-refractivity contribution in [2.45, 2.75) is 26.7 Å². The third-order valence-electron chi connectivity index (χ3n) is 4.93. The summed E-state index contributed by atoms with van der Waals surface area (Å²) in [5.74, 6) is 0. The number of rotatable bonds is 4. The minimum absolute atomic E-state index is 0.891. The van der Waals surface area contributed by atoms with Gasteiger partial charge in [-0.1, -0.05) is 0 Å². The monoisotopic (exact) mass is 332 g/mol. The van der Waals surface area contributed by atoms with E-state index >= 15 is 0 Å². The van der Waals surface area contributed by atoms with Crippen molar-refractivity contribution in [2.24, 2.45) is 0 Å². The molecule has 4 nitrogen and oxygen atoms in total. The fourth-order valence-electron chi connectivity index (χ4n) is 3.74. The molecule has 0 amide bonds. The molecule has 0 aliphatic carbocycles. The van der Waals surface area contributed by atoms with Crippen molar-refractivity contribution in [3.05, 3.63) is 54.5 Å². The number of hydrogen-bond donors (Lipinski definition) is 0. The van der Waals surface area contributed by atoms with Gasteiger partial charge in [-0.2, -0.15) is 0 Å². The standard InChI is InChI=1S/C21H24N4/c1-3-25(18-7-6-10-22-15-18)17-8-9-19-20(14-17)23-16(2)13-21(19)24-11-4-5-12-24/h6-10,13-15H,3-5,11-12H2,1-2H3. The Morgan fingerprint density at radius 1 is 1.08 bits per heavy atom. The minimum Gasteiger partial charge on any atom is -0.371 e. The normalized spacial score (nSPS) is 14.2. The number of benzene rings is 1. The molecule has 1 fully saturated rings. The van der Waals surface area contributed by atoms with Crippen LogP contribution in [0.25, 0.3) is 10.9 Å². The van der Waals surface area contributed by atoms with Crippen LogP contribution in [-0.2, 0) is 0 Å². The van der Waals surface area contributed by atoms with Crippen LogP contribution in [0.2, 0.25) is 0 Å². The third-order valence-corrected chi connectivity index (χ3v) is 4.93. The van der Waals surface area contributed by atoms with E-state index < -0.39 is 0 Å². The van der Waals surface area contributed by atoms with Crippen molar-refractivity contribution in [2.75, 3.05) is 29.4 Å². The first-order chi connectivity index (χ1) is 12.3. The van der Waals surface area contributed by atoms with E-state index in [0.29, 0.717) is 0 Å². The van der Waals surface area contributed by atoms with E-state index in [1.165, 1.54) is 23.9 Å². The lowest BCUT2D eigenvalue weighted by Gasteiger charge is -2.24. The molecule has 128 valence electrons. The average Bonchev–Trinajstić information content (AvgIpc) is 3.17. The van der Waals surface area contributed by atoms with Crippen LogP contribution >= 0.6 is 0 Å². The lowest BCUT2D eigenvalue weighted by atomic mass is 10.1. The topological polar surface area (TPSA) is 32.3 Å². The number of hydrogen-bond acceptors (Lipinski definition) is 4.